The molecule has 0 fully saturated rings. The summed E-state index contributed by atoms with van der Waals surface area (Å²) in [4.78, 5) is 0. The van der Waals surface area contributed by atoms with Gasteiger partial charge in [-0.15, -0.1) is 0 Å². The standard InChI is InChI=1S/C11H6F2N2/c12-10-5-8(3-1-2-4-14)6-11(13)9(10)7-15/h1,3,5-6H,2H2. The first-order valence-electron chi connectivity index (χ1n) is 4.11. The highest BCUT2D eigenvalue weighted by molar-refractivity contribution is 5.52. The Morgan fingerprint density at radius 2 is 1.80 bits per heavy atom. The van der Waals surface area contributed by atoms with Crippen molar-refractivity contribution in [1.29, 1.82) is 10.5 Å². The zero-order valence-electron chi connectivity index (χ0n) is 7.67. The fraction of sp³-hybridized carbons (Fsp3) is 0.0909. The Morgan fingerprint density at radius 1 is 1.20 bits per heavy atom. The molecule has 0 saturated carbocycles. The summed E-state index contributed by atoms with van der Waals surface area (Å²) in [6.45, 7) is 0. The molecule has 15 heavy (non-hydrogen) atoms. The van der Waals surface area contributed by atoms with Gasteiger partial charge in [0.15, 0.2) is 0 Å². The predicted molar refractivity (Wildman–Crippen MR) is 50.3 cm³/mol. The quantitative estimate of drug-likeness (QED) is 0.743. The van der Waals surface area contributed by atoms with Crippen molar-refractivity contribution in [2.75, 3.05) is 0 Å². The second-order valence-electron chi connectivity index (χ2n) is 2.74. The molecule has 0 radical (unpaired) electrons. The van der Waals surface area contributed by atoms with Gasteiger partial charge in [0.05, 0.1) is 12.5 Å². The second-order valence-corrected chi connectivity index (χ2v) is 2.74. The first kappa shape index (κ1) is 10.9. The van der Waals surface area contributed by atoms with E-state index in [1.54, 1.807) is 0 Å². The minimum Gasteiger partial charge on any atom is -0.205 e. The number of halogens is 2. The molecule has 0 aliphatic heterocycles. The minimum atomic E-state index is -0.894. The van der Waals surface area contributed by atoms with Gasteiger partial charge < -0.3 is 0 Å². The van der Waals surface area contributed by atoms with Crippen LogP contribution in [0.2, 0.25) is 0 Å². The van der Waals surface area contributed by atoms with Crippen LogP contribution < -0.4 is 0 Å². The molecular weight excluding hydrogens is 198 g/mol. The van der Waals surface area contributed by atoms with E-state index in [-0.39, 0.29) is 6.42 Å². The number of benzene rings is 1. The van der Waals surface area contributed by atoms with Crippen LogP contribution in [0.25, 0.3) is 6.08 Å². The number of nitrogens with zero attached hydrogens (tertiary/aromatic N) is 2. The number of nitriles is 2. The topological polar surface area (TPSA) is 47.6 Å². The van der Waals surface area contributed by atoms with Crippen LogP contribution in [0.4, 0.5) is 8.78 Å². The van der Waals surface area contributed by atoms with E-state index >= 15 is 0 Å². The first-order chi connectivity index (χ1) is 7.19. The Hall–Kier alpha value is -2.20. The molecule has 0 aliphatic carbocycles. The average molecular weight is 204 g/mol. The van der Waals surface area contributed by atoms with Gasteiger partial charge >= 0.3 is 0 Å². The van der Waals surface area contributed by atoms with E-state index in [1.165, 1.54) is 18.2 Å². The number of allylic oxidation sites excluding steroid dienone is 1. The van der Waals surface area contributed by atoms with Crippen molar-refractivity contribution in [3.05, 3.63) is 41.0 Å². The summed E-state index contributed by atoms with van der Waals surface area (Å²) in [5.74, 6) is -1.79. The number of rotatable bonds is 2. The zero-order chi connectivity index (χ0) is 11.3. The fourth-order valence-electron chi connectivity index (χ4n) is 1.04. The largest absolute Gasteiger partial charge is 0.205 e. The third-order valence-corrected chi connectivity index (χ3v) is 1.70. The van der Waals surface area contributed by atoms with Crippen LogP contribution in [0, 0.1) is 34.3 Å². The fourth-order valence-corrected chi connectivity index (χ4v) is 1.04. The maximum absolute atomic E-state index is 13.1. The van der Waals surface area contributed by atoms with Gasteiger partial charge in [0.2, 0.25) is 0 Å². The van der Waals surface area contributed by atoms with Gasteiger partial charge in [0.25, 0.3) is 0 Å². The molecule has 0 amide bonds. The van der Waals surface area contributed by atoms with E-state index in [0.717, 1.165) is 12.1 Å². The molecule has 1 rings (SSSR count). The van der Waals surface area contributed by atoms with Gasteiger partial charge in [-0.25, -0.2) is 8.78 Å². The molecule has 0 saturated heterocycles. The summed E-state index contributed by atoms with van der Waals surface area (Å²) in [5, 5.41) is 16.7. The lowest BCUT2D eigenvalue weighted by Gasteiger charge is -1.98. The molecule has 4 heteroatoms. The van der Waals surface area contributed by atoms with Gasteiger partial charge in [-0.1, -0.05) is 12.2 Å². The molecule has 0 spiro atoms. The van der Waals surface area contributed by atoms with Gasteiger partial charge in [-0.3, -0.25) is 0 Å². The summed E-state index contributed by atoms with van der Waals surface area (Å²) in [6.07, 6.45) is 3.08. The summed E-state index contributed by atoms with van der Waals surface area (Å²) in [6, 6.07) is 5.40. The average Bonchev–Trinajstić information content (AvgIpc) is 2.18. The normalized spacial score (nSPS) is 9.87. The van der Waals surface area contributed by atoms with E-state index in [0.29, 0.717) is 5.56 Å². The molecule has 0 aliphatic rings. The van der Waals surface area contributed by atoms with Gasteiger partial charge in [0, 0.05) is 0 Å². The number of hydrogen-bond acceptors (Lipinski definition) is 2. The van der Waals surface area contributed by atoms with Crippen LogP contribution in [0.3, 0.4) is 0 Å². The van der Waals surface area contributed by atoms with Gasteiger partial charge in [-0.05, 0) is 17.7 Å². The molecule has 1 aromatic carbocycles. The maximum Gasteiger partial charge on any atom is 0.144 e. The van der Waals surface area contributed by atoms with Crippen molar-refractivity contribution in [2.24, 2.45) is 0 Å². The van der Waals surface area contributed by atoms with E-state index in [9.17, 15) is 8.78 Å². The molecule has 0 unspecified atom stereocenters. The third-order valence-electron chi connectivity index (χ3n) is 1.70. The van der Waals surface area contributed by atoms with E-state index < -0.39 is 17.2 Å². The predicted octanol–water partition coefficient (Wildman–Crippen LogP) is 2.76. The summed E-state index contributed by atoms with van der Waals surface area (Å²) < 4.78 is 26.1. The first-order valence-corrected chi connectivity index (χ1v) is 4.11. The molecule has 0 N–H and O–H groups in total. The lowest BCUT2D eigenvalue weighted by atomic mass is 10.1. The maximum atomic E-state index is 13.1. The van der Waals surface area contributed by atoms with Crippen molar-refractivity contribution in [3.8, 4) is 12.1 Å². The Kier molecular flexibility index (Phi) is 3.54. The Labute approximate surface area is 85.7 Å². The van der Waals surface area contributed by atoms with Crippen LogP contribution in [0.5, 0.6) is 0 Å². The van der Waals surface area contributed by atoms with Crippen molar-refractivity contribution in [2.45, 2.75) is 6.42 Å². The molecule has 74 valence electrons. The minimum absolute atomic E-state index is 0.170. The van der Waals surface area contributed by atoms with Crippen molar-refractivity contribution < 1.29 is 8.78 Å². The second kappa shape index (κ2) is 4.88. The molecule has 0 aromatic heterocycles. The van der Waals surface area contributed by atoms with E-state index in [1.807, 2.05) is 6.07 Å². The van der Waals surface area contributed by atoms with Crippen molar-refractivity contribution in [3.63, 3.8) is 0 Å². The van der Waals surface area contributed by atoms with Crippen LogP contribution in [-0.4, -0.2) is 0 Å². The number of hydrogen-bond donors (Lipinski definition) is 0. The van der Waals surface area contributed by atoms with Gasteiger partial charge in [-0.2, -0.15) is 10.5 Å². The smallest absolute Gasteiger partial charge is 0.144 e. The zero-order valence-corrected chi connectivity index (χ0v) is 7.67. The highest BCUT2D eigenvalue weighted by Gasteiger charge is 2.08. The molecule has 0 bridgehead atoms. The van der Waals surface area contributed by atoms with E-state index in [4.69, 9.17) is 10.5 Å². The third kappa shape index (κ3) is 2.62. The van der Waals surface area contributed by atoms with Crippen LogP contribution in [0.15, 0.2) is 18.2 Å². The molecular formula is C11H6F2N2. The SMILES string of the molecule is N#CCC=Cc1cc(F)c(C#N)c(F)c1. The van der Waals surface area contributed by atoms with Crippen molar-refractivity contribution >= 4 is 6.08 Å². The summed E-state index contributed by atoms with van der Waals surface area (Å²) >= 11 is 0. The lowest BCUT2D eigenvalue weighted by Crippen LogP contribution is -1.91. The Morgan fingerprint density at radius 3 is 2.27 bits per heavy atom. The summed E-state index contributed by atoms with van der Waals surface area (Å²) in [5.41, 5.74) is -0.299. The van der Waals surface area contributed by atoms with E-state index in [2.05, 4.69) is 0 Å². The van der Waals surface area contributed by atoms with Crippen LogP contribution in [-0.2, 0) is 0 Å². The lowest BCUT2D eigenvalue weighted by molar-refractivity contribution is 0.576. The van der Waals surface area contributed by atoms with Crippen LogP contribution in [0.1, 0.15) is 17.5 Å². The summed E-state index contributed by atoms with van der Waals surface area (Å²) in [7, 11) is 0. The van der Waals surface area contributed by atoms with Crippen molar-refractivity contribution in [1.82, 2.24) is 0 Å². The Bertz CT molecular complexity index is 455. The molecule has 0 heterocycles. The Balaban J connectivity index is 3.06. The van der Waals surface area contributed by atoms with Gasteiger partial charge in [0.1, 0.15) is 23.3 Å². The van der Waals surface area contributed by atoms with Crippen LogP contribution >= 0.6 is 0 Å². The highest BCUT2D eigenvalue weighted by atomic mass is 19.1. The highest BCUT2D eigenvalue weighted by Crippen LogP contribution is 2.15. The molecule has 2 nitrogen and oxygen atoms in total. The molecule has 1 aromatic rings. The monoisotopic (exact) mass is 204 g/mol. The molecule has 0 atom stereocenters.